The van der Waals surface area contributed by atoms with Gasteiger partial charge in [-0.3, -0.25) is 4.79 Å². The third kappa shape index (κ3) is 3.46. The van der Waals surface area contributed by atoms with Crippen LogP contribution in [0.25, 0.3) is 0 Å². The van der Waals surface area contributed by atoms with E-state index >= 15 is 0 Å². The number of rotatable bonds is 3. The van der Waals surface area contributed by atoms with E-state index in [1.54, 1.807) is 0 Å². The van der Waals surface area contributed by atoms with Crippen LogP contribution >= 0.6 is 15.9 Å². The second-order valence-electron chi connectivity index (χ2n) is 3.22. The number of carbonyl (C=O) groups excluding carboxylic acids is 2. The van der Waals surface area contributed by atoms with Crippen molar-refractivity contribution < 1.29 is 14.3 Å². The highest BCUT2D eigenvalue weighted by Crippen LogP contribution is 2.20. The van der Waals surface area contributed by atoms with Gasteiger partial charge in [-0.05, 0) is 25.7 Å². The van der Waals surface area contributed by atoms with Crippen LogP contribution in [0.2, 0.25) is 0 Å². The molecule has 0 spiro atoms. The second kappa shape index (κ2) is 5.37. The lowest BCUT2D eigenvalue weighted by molar-refractivity contribution is -0.157. The molecule has 0 radical (unpaired) electrons. The van der Waals surface area contributed by atoms with Gasteiger partial charge in [-0.25, -0.2) is 4.79 Å². The molecule has 4 heteroatoms. The molecule has 0 heterocycles. The van der Waals surface area contributed by atoms with Crippen LogP contribution in [0.5, 0.6) is 0 Å². The molecule has 13 heavy (non-hydrogen) atoms. The average molecular weight is 249 g/mol. The Morgan fingerprint density at radius 1 is 1.23 bits per heavy atom. The molecule has 0 saturated heterocycles. The summed E-state index contributed by atoms with van der Waals surface area (Å²) >= 11 is 2.93. The molecule has 0 amide bonds. The summed E-state index contributed by atoms with van der Waals surface area (Å²) in [6, 6.07) is 0. The minimum Gasteiger partial charge on any atom is -0.457 e. The van der Waals surface area contributed by atoms with Crippen LogP contribution in [-0.4, -0.2) is 23.2 Å². The van der Waals surface area contributed by atoms with E-state index in [9.17, 15) is 9.59 Å². The van der Waals surface area contributed by atoms with Crippen LogP contribution in [0, 0.1) is 0 Å². The average Bonchev–Trinajstić information content (AvgIpc) is 2.18. The molecule has 0 aromatic heterocycles. The third-order valence-electron chi connectivity index (χ3n) is 2.17. The van der Waals surface area contributed by atoms with Gasteiger partial charge in [0.15, 0.2) is 0 Å². The molecule has 74 valence electrons. The minimum absolute atomic E-state index is 0.0238. The topological polar surface area (TPSA) is 43.4 Å². The first-order valence-electron chi connectivity index (χ1n) is 4.54. The molecule has 1 saturated carbocycles. The van der Waals surface area contributed by atoms with Gasteiger partial charge in [-0.1, -0.05) is 22.4 Å². The molecule has 1 fully saturated rings. The van der Waals surface area contributed by atoms with E-state index in [-0.39, 0.29) is 11.4 Å². The summed E-state index contributed by atoms with van der Waals surface area (Å²) in [5.41, 5.74) is 0. The Morgan fingerprint density at radius 2 is 1.85 bits per heavy atom. The van der Waals surface area contributed by atoms with Crippen molar-refractivity contribution in [2.75, 3.05) is 5.33 Å². The molecule has 0 N–H and O–H groups in total. The largest absolute Gasteiger partial charge is 0.457 e. The summed E-state index contributed by atoms with van der Waals surface area (Å²) < 4.78 is 5.03. The maximum atomic E-state index is 11.0. The van der Waals surface area contributed by atoms with Crippen molar-refractivity contribution in [1.29, 1.82) is 0 Å². The summed E-state index contributed by atoms with van der Waals surface area (Å²) in [6.07, 6.45) is 5.19. The van der Waals surface area contributed by atoms with Crippen LogP contribution in [0.4, 0.5) is 0 Å². The van der Waals surface area contributed by atoms with Crippen molar-refractivity contribution in [1.82, 2.24) is 0 Å². The number of carbonyl (C=O) groups is 2. The van der Waals surface area contributed by atoms with E-state index in [1.165, 1.54) is 6.42 Å². The molecule has 0 aromatic rings. The summed E-state index contributed by atoms with van der Waals surface area (Å²) in [5.74, 6) is -1.19. The maximum Gasteiger partial charge on any atom is 0.375 e. The number of hydrogen-bond acceptors (Lipinski definition) is 3. The van der Waals surface area contributed by atoms with Crippen molar-refractivity contribution >= 4 is 27.7 Å². The number of ether oxygens (including phenoxy) is 1. The number of Topliss-reactive ketones (excluding diaryl/α,β-unsaturated/α-hetero) is 1. The molecular weight excluding hydrogens is 236 g/mol. The second-order valence-corrected chi connectivity index (χ2v) is 3.78. The first-order chi connectivity index (χ1) is 6.24. The number of esters is 1. The normalized spacial score (nSPS) is 18.2. The van der Waals surface area contributed by atoms with Gasteiger partial charge in [-0.15, -0.1) is 0 Å². The predicted octanol–water partition coefficient (Wildman–Crippen LogP) is 1.83. The van der Waals surface area contributed by atoms with Crippen LogP contribution in [0.15, 0.2) is 0 Å². The van der Waals surface area contributed by atoms with Crippen molar-refractivity contribution in [3.63, 3.8) is 0 Å². The predicted molar refractivity (Wildman–Crippen MR) is 51.8 cm³/mol. The van der Waals surface area contributed by atoms with Crippen LogP contribution in [-0.2, 0) is 14.3 Å². The lowest BCUT2D eigenvalue weighted by Gasteiger charge is -2.21. The van der Waals surface area contributed by atoms with Gasteiger partial charge in [0.2, 0.25) is 0 Å². The molecule has 1 aliphatic carbocycles. The number of alkyl halides is 1. The Balaban J connectivity index is 2.30. The lowest BCUT2D eigenvalue weighted by Crippen LogP contribution is -2.26. The fourth-order valence-corrected chi connectivity index (χ4v) is 1.68. The van der Waals surface area contributed by atoms with Crippen molar-refractivity contribution in [3.05, 3.63) is 0 Å². The van der Waals surface area contributed by atoms with Crippen molar-refractivity contribution in [3.8, 4) is 0 Å². The van der Waals surface area contributed by atoms with Gasteiger partial charge in [0.1, 0.15) is 6.10 Å². The molecule has 0 aromatic carbocycles. The van der Waals surface area contributed by atoms with Crippen LogP contribution < -0.4 is 0 Å². The van der Waals surface area contributed by atoms with E-state index in [0.29, 0.717) is 0 Å². The summed E-state index contributed by atoms with van der Waals surface area (Å²) in [6.45, 7) is 0. The van der Waals surface area contributed by atoms with E-state index < -0.39 is 11.8 Å². The van der Waals surface area contributed by atoms with Gasteiger partial charge in [0, 0.05) is 0 Å². The van der Waals surface area contributed by atoms with Crippen molar-refractivity contribution in [2.45, 2.75) is 38.2 Å². The molecule has 1 aliphatic rings. The monoisotopic (exact) mass is 248 g/mol. The smallest absolute Gasteiger partial charge is 0.375 e. The van der Waals surface area contributed by atoms with Gasteiger partial charge < -0.3 is 4.74 Å². The SMILES string of the molecule is O=C(CBr)C(=O)OC1CCCCC1. The number of ketones is 1. The third-order valence-corrected chi connectivity index (χ3v) is 2.68. The van der Waals surface area contributed by atoms with Crippen LogP contribution in [0.1, 0.15) is 32.1 Å². The first kappa shape index (κ1) is 10.7. The Hall–Kier alpha value is -0.380. The molecule has 1 rings (SSSR count). The first-order valence-corrected chi connectivity index (χ1v) is 5.66. The van der Waals surface area contributed by atoms with E-state index in [1.807, 2.05) is 0 Å². The van der Waals surface area contributed by atoms with Gasteiger partial charge in [0.25, 0.3) is 5.78 Å². The Bertz CT molecular complexity index is 197. The van der Waals surface area contributed by atoms with E-state index in [0.717, 1.165) is 25.7 Å². The summed E-state index contributed by atoms with van der Waals surface area (Å²) in [4.78, 5) is 21.9. The minimum atomic E-state index is -0.691. The highest BCUT2D eigenvalue weighted by atomic mass is 79.9. The highest BCUT2D eigenvalue weighted by Gasteiger charge is 2.21. The molecule has 0 bridgehead atoms. The molecule has 0 unspecified atom stereocenters. The molecule has 0 aliphatic heterocycles. The van der Waals surface area contributed by atoms with Crippen molar-refractivity contribution in [2.24, 2.45) is 0 Å². The molecule has 3 nitrogen and oxygen atoms in total. The zero-order valence-electron chi connectivity index (χ0n) is 7.42. The number of hydrogen-bond donors (Lipinski definition) is 0. The zero-order valence-corrected chi connectivity index (χ0v) is 9.01. The molecule has 0 atom stereocenters. The standard InChI is InChI=1S/C9H13BrO3/c10-6-8(11)9(12)13-7-4-2-1-3-5-7/h7H,1-6H2. The summed E-state index contributed by atoms with van der Waals surface area (Å²) in [7, 11) is 0. The Morgan fingerprint density at radius 3 is 2.38 bits per heavy atom. The Kier molecular flexibility index (Phi) is 4.42. The van der Waals surface area contributed by atoms with E-state index in [2.05, 4.69) is 15.9 Å². The Labute approximate surface area is 86.0 Å². The van der Waals surface area contributed by atoms with Gasteiger partial charge >= 0.3 is 5.97 Å². The molecular formula is C9H13BrO3. The number of halogens is 1. The van der Waals surface area contributed by atoms with Gasteiger partial charge in [-0.2, -0.15) is 0 Å². The van der Waals surface area contributed by atoms with Gasteiger partial charge in [0.05, 0.1) is 5.33 Å². The summed E-state index contributed by atoms with van der Waals surface area (Å²) in [5, 5.41) is 0.0541. The lowest BCUT2D eigenvalue weighted by atomic mass is 9.98. The zero-order chi connectivity index (χ0) is 9.68. The fourth-order valence-electron chi connectivity index (χ4n) is 1.45. The maximum absolute atomic E-state index is 11.0. The van der Waals surface area contributed by atoms with E-state index in [4.69, 9.17) is 4.74 Å². The van der Waals surface area contributed by atoms with Crippen LogP contribution in [0.3, 0.4) is 0 Å². The highest BCUT2D eigenvalue weighted by molar-refractivity contribution is 9.09. The fraction of sp³-hybridized carbons (Fsp3) is 0.778. The quantitative estimate of drug-likeness (QED) is 0.435.